The van der Waals surface area contributed by atoms with Crippen LogP contribution < -0.4 is 0 Å². The standard InChI is InChI=1S/C10H18O3/c1-3-4-5-6-10(11)9-13-8-7-12-2/h10-11H,5-9H2,1-2H3. The predicted molar refractivity (Wildman–Crippen MR) is 51.4 cm³/mol. The summed E-state index contributed by atoms with van der Waals surface area (Å²) in [7, 11) is 1.62. The molecule has 0 heterocycles. The third-order valence-electron chi connectivity index (χ3n) is 1.52. The first kappa shape index (κ1) is 12.4. The Hall–Kier alpha value is -0.560. The van der Waals surface area contributed by atoms with Crippen LogP contribution in [0.2, 0.25) is 0 Å². The summed E-state index contributed by atoms with van der Waals surface area (Å²) in [4.78, 5) is 0. The first-order valence-electron chi connectivity index (χ1n) is 4.45. The van der Waals surface area contributed by atoms with Crippen molar-refractivity contribution in [2.45, 2.75) is 25.9 Å². The van der Waals surface area contributed by atoms with Crippen molar-refractivity contribution in [3.8, 4) is 11.8 Å². The first-order chi connectivity index (χ1) is 6.31. The van der Waals surface area contributed by atoms with E-state index in [4.69, 9.17) is 9.47 Å². The SMILES string of the molecule is CC#CCCC(O)COCCOC. The van der Waals surface area contributed by atoms with Gasteiger partial charge in [-0.25, -0.2) is 0 Å². The molecule has 0 rings (SSSR count). The summed E-state index contributed by atoms with van der Waals surface area (Å²) in [5.41, 5.74) is 0. The molecule has 13 heavy (non-hydrogen) atoms. The van der Waals surface area contributed by atoms with Crippen LogP contribution in [0.3, 0.4) is 0 Å². The summed E-state index contributed by atoms with van der Waals surface area (Å²) in [5, 5.41) is 9.34. The van der Waals surface area contributed by atoms with Gasteiger partial charge in [-0.3, -0.25) is 0 Å². The molecule has 76 valence electrons. The lowest BCUT2D eigenvalue weighted by atomic mass is 10.2. The molecule has 0 saturated heterocycles. The van der Waals surface area contributed by atoms with Crippen LogP contribution in [0.15, 0.2) is 0 Å². The van der Waals surface area contributed by atoms with Crippen LogP contribution in [0.5, 0.6) is 0 Å². The average molecular weight is 186 g/mol. The Balaban J connectivity index is 3.18. The third kappa shape index (κ3) is 9.35. The van der Waals surface area contributed by atoms with Gasteiger partial charge in [0.2, 0.25) is 0 Å². The molecule has 0 amide bonds. The van der Waals surface area contributed by atoms with Crippen LogP contribution in [-0.2, 0) is 9.47 Å². The zero-order valence-corrected chi connectivity index (χ0v) is 8.38. The van der Waals surface area contributed by atoms with E-state index in [0.717, 1.165) is 6.42 Å². The third-order valence-corrected chi connectivity index (χ3v) is 1.52. The van der Waals surface area contributed by atoms with E-state index >= 15 is 0 Å². The van der Waals surface area contributed by atoms with Crippen LogP contribution in [0, 0.1) is 11.8 Å². The number of methoxy groups -OCH3 is 1. The van der Waals surface area contributed by atoms with Gasteiger partial charge in [-0.2, -0.15) is 0 Å². The van der Waals surface area contributed by atoms with Crippen molar-refractivity contribution in [3.63, 3.8) is 0 Å². The molecule has 0 bridgehead atoms. The first-order valence-corrected chi connectivity index (χ1v) is 4.45. The Kier molecular flexibility index (Phi) is 9.12. The molecule has 1 unspecified atom stereocenters. The highest BCUT2D eigenvalue weighted by atomic mass is 16.5. The zero-order chi connectivity index (χ0) is 9.94. The lowest BCUT2D eigenvalue weighted by Gasteiger charge is -2.08. The highest BCUT2D eigenvalue weighted by Gasteiger charge is 2.01. The molecule has 0 aliphatic rings. The molecule has 0 aromatic carbocycles. The zero-order valence-electron chi connectivity index (χ0n) is 8.38. The van der Waals surface area contributed by atoms with E-state index in [1.54, 1.807) is 14.0 Å². The van der Waals surface area contributed by atoms with Gasteiger partial charge in [-0.05, 0) is 13.3 Å². The Morgan fingerprint density at radius 1 is 1.38 bits per heavy atom. The average Bonchev–Trinajstić information content (AvgIpc) is 2.13. The van der Waals surface area contributed by atoms with Gasteiger partial charge in [0, 0.05) is 13.5 Å². The quantitative estimate of drug-likeness (QED) is 0.472. The van der Waals surface area contributed by atoms with E-state index in [-0.39, 0.29) is 0 Å². The van der Waals surface area contributed by atoms with Gasteiger partial charge in [0.05, 0.1) is 25.9 Å². The number of hydrogen-bond acceptors (Lipinski definition) is 3. The minimum atomic E-state index is -0.405. The molecule has 3 heteroatoms. The highest BCUT2D eigenvalue weighted by molar-refractivity contribution is 4.94. The summed E-state index contributed by atoms with van der Waals surface area (Å²) >= 11 is 0. The fourth-order valence-corrected chi connectivity index (χ4v) is 0.809. The number of hydrogen-bond donors (Lipinski definition) is 1. The molecular weight excluding hydrogens is 168 g/mol. The van der Waals surface area contributed by atoms with Crippen molar-refractivity contribution in [1.82, 2.24) is 0 Å². The molecule has 0 radical (unpaired) electrons. The maximum atomic E-state index is 9.34. The van der Waals surface area contributed by atoms with Crippen LogP contribution in [0.1, 0.15) is 19.8 Å². The monoisotopic (exact) mass is 186 g/mol. The van der Waals surface area contributed by atoms with Crippen molar-refractivity contribution in [2.75, 3.05) is 26.9 Å². The van der Waals surface area contributed by atoms with Gasteiger partial charge in [0.25, 0.3) is 0 Å². The molecule has 0 aliphatic heterocycles. The van der Waals surface area contributed by atoms with Gasteiger partial charge in [-0.1, -0.05) is 0 Å². The van der Waals surface area contributed by atoms with Gasteiger partial charge >= 0.3 is 0 Å². The van der Waals surface area contributed by atoms with Crippen LogP contribution in [0.25, 0.3) is 0 Å². The highest BCUT2D eigenvalue weighted by Crippen LogP contribution is 1.96. The summed E-state index contributed by atoms with van der Waals surface area (Å²) in [6, 6.07) is 0. The normalized spacial score (nSPS) is 11.9. The molecule has 1 atom stereocenters. The summed E-state index contributed by atoms with van der Waals surface area (Å²) in [5.74, 6) is 5.67. The minimum absolute atomic E-state index is 0.370. The van der Waals surface area contributed by atoms with Gasteiger partial charge in [0.1, 0.15) is 0 Å². The molecule has 1 N–H and O–H groups in total. The molecule has 0 saturated carbocycles. The van der Waals surface area contributed by atoms with E-state index < -0.39 is 6.10 Å². The van der Waals surface area contributed by atoms with Gasteiger partial charge < -0.3 is 14.6 Å². The van der Waals surface area contributed by atoms with Crippen LogP contribution >= 0.6 is 0 Å². The lowest BCUT2D eigenvalue weighted by molar-refractivity contribution is 0.0110. The van der Waals surface area contributed by atoms with E-state index in [1.807, 2.05) is 0 Å². The van der Waals surface area contributed by atoms with Crippen molar-refractivity contribution >= 4 is 0 Å². The fourth-order valence-electron chi connectivity index (χ4n) is 0.809. The van der Waals surface area contributed by atoms with E-state index in [1.165, 1.54) is 0 Å². The maximum Gasteiger partial charge on any atom is 0.0782 e. The molecular formula is C10H18O3. The Labute approximate surface area is 80.0 Å². The number of rotatable bonds is 7. The number of ether oxygens (including phenoxy) is 2. The van der Waals surface area contributed by atoms with Crippen LogP contribution in [-0.4, -0.2) is 38.1 Å². The molecule has 3 nitrogen and oxygen atoms in total. The maximum absolute atomic E-state index is 9.34. The number of aliphatic hydroxyl groups excluding tert-OH is 1. The van der Waals surface area contributed by atoms with Gasteiger partial charge in [-0.15, -0.1) is 11.8 Å². The molecule has 0 aromatic heterocycles. The largest absolute Gasteiger partial charge is 0.391 e. The lowest BCUT2D eigenvalue weighted by Crippen LogP contribution is -2.16. The Morgan fingerprint density at radius 3 is 2.77 bits per heavy atom. The smallest absolute Gasteiger partial charge is 0.0782 e. The second-order valence-electron chi connectivity index (χ2n) is 2.69. The van der Waals surface area contributed by atoms with E-state index in [9.17, 15) is 5.11 Å². The van der Waals surface area contributed by atoms with Crippen molar-refractivity contribution in [3.05, 3.63) is 0 Å². The summed E-state index contributed by atoms with van der Waals surface area (Å²) in [6.07, 6.45) is 0.997. The Morgan fingerprint density at radius 2 is 2.15 bits per heavy atom. The molecule has 0 aromatic rings. The second-order valence-corrected chi connectivity index (χ2v) is 2.69. The Bertz CT molecular complexity index is 157. The van der Waals surface area contributed by atoms with Crippen molar-refractivity contribution < 1.29 is 14.6 Å². The fraction of sp³-hybridized carbons (Fsp3) is 0.800. The van der Waals surface area contributed by atoms with Crippen molar-refractivity contribution in [1.29, 1.82) is 0 Å². The molecule has 0 spiro atoms. The van der Waals surface area contributed by atoms with E-state index in [2.05, 4.69) is 11.8 Å². The number of aliphatic hydroxyl groups is 1. The topological polar surface area (TPSA) is 38.7 Å². The second kappa shape index (κ2) is 9.53. The predicted octanol–water partition coefficient (Wildman–Crippen LogP) is 0.814. The van der Waals surface area contributed by atoms with Crippen LogP contribution in [0.4, 0.5) is 0 Å². The summed E-state index contributed by atoms with van der Waals surface area (Å²) < 4.78 is 9.94. The van der Waals surface area contributed by atoms with Gasteiger partial charge in [0.15, 0.2) is 0 Å². The summed E-state index contributed by atoms with van der Waals surface area (Å²) in [6.45, 7) is 3.27. The molecule has 0 aliphatic carbocycles. The van der Waals surface area contributed by atoms with E-state index in [0.29, 0.717) is 26.2 Å². The van der Waals surface area contributed by atoms with Crippen molar-refractivity contribution in [2.24, 2.45) is 0 Å². The minimum Gasteiger partial charge on any atom is -0.391 e. The molecule has 0 fully saturated rings.